The molecule has 0 atom stereocenters. The second-order valence-corrected chi connectivity index (χ2v) is 3.15. The highest BCUT2D eigenvalue weighted by Crippen LogP contribution is 2.13. The fraction of sp³-hybridized carbons (Fsp3) is 0.250. The second-order valence-electron chi connectivity index (χ2n) is 3.15. The average Bonchev–Trinajstić information content (AvgIpc) is 2.21. The van der Waals surface area contributed by atoms with Gasteiger partial charge < -0.3 is 9.90 Å². The molecule has 0 aliphatic carbocycles. The molecule has 2 heteroatoms. The van der Waals surface area contributed by atoms with Crippen molar-refractivity contribution in [1.29, 1.82) is 0 Å². The SMILES string of the molecule is Cc1ccc(CO)cc1C=CCC=O. The van der Waals surface area contributed by atoms with E-state index in [0.717, 1.165) is 23.0 Å². The van der Waals surface area contributed by atoms with Crippen molar-refractivity contribution in [2.45, 2.75) is 20.0 Å². The molecule has 2 nitrogen and oxygen atoms in total. The molecule has 0 aliphatic rings. The lowest BCUT2D eigenvalue weighted by Gasteiger charge is -2.02. The fourth-order valence-corrected chi connectivity index (χ4v) is 1.22. The van der Waals surface area contributed by atoms with Crippen molar-refractivity contribution in [2.24, 2.45) is 0 Å². The molecule has 0 aliphatic heterocycles. The van der Waals surface area contributed by atoms with Crippen molar-refractivity contribution >= 4 is 12.4 Å². The first-order valence-corrected chi connectivity index (χ1v) is 4.58. The molecule has 0 fully saturated rings. The number of carbonyl (C=O) groups excluding carboxylic acids is 1. The topological polar surface area (TPSA) is 37.3 Å². The van der Waals surface area contributed by atoms with Crippen molar-refractivity contribution in [3.8, 4) is 0 Å². The molecule has 0 unspecified atom stereocenters. The van der Waals surface area contributed by atoms with Gasteiger partial charge in [-0.2, -0.15) is 0 Å². The van der Waals surface area contributed by atoms with E-state index >= 15 is 0 Å². The average molecular weight is 190 g/mol. The Balaban J connectivity index is 2.88. The predicted molar refractivity (Wildman–Crippen MR) is 56.8 cm³/mol. The molecule has 0 radical (unpaired) electrons. The summed E-state index contributed by atoms with van der Waals surface area (Å²) in [6.07, 6.45) is 5.02. The number of aryl methyl sites for hydroxylation is 1. The smallest absolute Gasteiger partial charge is 0.123 e. The highest BCUT2D eigenvalue weighted by Gasteiger charge is 1.95. The van der Waals surface area contributed by atoms with Gasteiger partial charge in [-0.25, -0.2) is 0 Å². The third kappa shape index (κ3) is 2.82. The lowest BCUT2D eigenvalue weighted by atomic mass is 10.0. The largest absolute Gasteiger partial charge is 0.392 e. The number of rotatable bonds is 4. The molecular weight excluding hydrogens is 176 g/mol. The van der Waals surface area contributed by atoms with Crippen LogP contribution in [0.3, 0.4) is 0 Å². The van der Waals surface area contributed by atoms with Crippen LogP contribution in [0.1, 0.15) is 23.1 Å². The molecule has 0 bridgehead atoms. The maximum Gasteiger partial charge on any atom is 0.123 e. The van der Waals surface area contributed by atoms with Gasteiger partial charge in [0, 0.05) is 6.42 Å². The minimum atomic E-state index is 0.0504. The standard InChI is InChI=1S/C12H14O2/c1-10-5-6-11(9-14)8-12(10)4-2-3-7-13/h2,4-8,14H,3,9H2,1H3. The van der Waals surface area contributed by atoms with Crippen LogP contribution in [0.15, 0.2) is 24.3 Å². The van der Waals surface area contributed by atoms with E-state index in [4.69, 9.17) is 5.11 Å². The third-order valence-corrected chi connectivity index (χ3v) is 2.06. The minimum absolute atomic E-state index is 0.0504. The maximum absolute atomic E-state index is 10.1. The summed E-state index contributed by atoms with van der Waals surface area (Å²) in [7, 11) is 0. The highest BCUT2D eigenvalue weighted by atomic mass is 16.3. The van der Waals surface area contributed by atoms with Gasteiger partial charge in [0.2, 0.25) is 0 Å². The van der Waals surface area contributed by atoms with Gasteiger partial charge in [0.15, 0.2) is 0 Å². The van der Waals surface area contributed by atoms with E-state index in [1.165, 1.54) is 0 Å². The van der Waals surface area contributed by atoms with Gasteiger partial charge in [0.05, 0.1) is 6.61 Å². The molecule has 1 rings (SSSR count). The molecule has 0 amide bonds. The van der Waals surface area contributed by atoms with Crippen molar-refractivity contribution in [2.75, 3.05) is 0 Å². The van der Waals surface area contributed by atoms with Crippen LogP contribution < -0.4 is 0 Å². The van der Waals surface area contributed by atoms with Gasteiger partial charge >= 0.3 is 0 Å². The quantitative estimate of drug-likeness (QED) is 0.738. The Morgan fingerprint density at radius 2 is 2.21 bits per heavy atom. The highest BCUT2D eigenvalue weighted by molar-refractivity contribution is 5.60. The summed E-state index contributed by atoms with van der Waals surface area (Å²) in [5.74, 6) is 0. The van der Waals surface area contributed by atoms with Crippen LogP contribution in [0.5, 0.6) is 0 Å². The number of hydrogen-bond acceptors (Lipinski definition) is 2. The zero-order chi connectivity index (χ0) is 10.4. The first-order valence-electron chi connectivity index (χ1n) is 4.58. The fourth-order valence-electron chi connectivity index (χ4n) is 1.22. The van der Waals surface area contributed by atoms with Gasteiger partial charge in [0.25, 0.3) is 0 Å². The molecule has 1 aromatic rings. The molecule has 0 spiro atoms. The van der Waals surface area contributed by atoms with Crippen LogP contribution in [-0.2, 0) is 11.4 Å². The first-order chi connectivity index (χ1) is 6.77. The number of allylic oxidation sites excluding steroid dienone is 1. The Morgan fingerprint density at radius 1 is 1.43 bits per heavy atom. The summed E-state index contributed by atoms with van der Waals surface area (Å²) in [6.45, 7) is 2.05. The van der Waals surface area contributed by atoms with Gasteiger partial charge in [-0.1, -0.05) is 24.3 Å². The van der Waals surface area contributed by atoms with Crippen LogP contribution in [0.25, 0.3) is 6.08 Å². The van der Waals surface area contributed by atoms with Crippen molar-refractivity contribution in [1.82, 2.24) is 0 Å². The lowest BCUT2D eigenvalue weighted by molar-refractivity contribution is -0.107. The predicted octanol–water partition coefficient (Wildman–Crippen LogP) is 2.09. The van der Waals surface area contributed by atoms with Crippen molar-refractivity contribution in [3.05, 3.63) is 41.0 Å². The number of aliphatic hydroxyl groups excluding tert-OH is 1. The first kappa shape index (κ1) is 10.7. The Bertz CT molecular complexity index is 340. The van der Waals surface area contributed by atoms with Crippen molar-refractivity contribution < 1.29 is 9.90 Å². The van der Waals surface area contributed by atoms with Crippen LogP contribution in [0.2, 0.25) is 0 Å². The molecule has 1 aromatic carbocycles. The van der Waals surface area contributed by atoms with E-state index in [2.05, 4.69) is 0 Å². The zero-order valence-corrected chi connectivity index (χ0v) is 8.23. The molecule has 0 aromatic heterocycles. The van der Waals surface area contributed by atoms with E-state index in [1.54, 1.807) is 0 Å². The molecule has 0 heterocycles. The van der Waals surface area contributed by atoms with Crippen LogP contribution in [0, 0.1) is 6.92 Å². The van der Waals surface area contributed by atoms with E-state index in [-0.39, 0.29) is 6.61 Å². The number of carbonyl (C=O) groups is 1. The normalized spacial score (nSPS) is 10.7. The lowest BCUT2D eigenvalue weighted by Crippen LogP contribution is -1.87. The van der Waals surface area contributed by atoms with Gasteiger partial charge in [-0.3, -0.25) is 0 Å². The maximum atomic E-state index is 10.1. The molecular formula is C12H14O2. The second kappa shape index (κ2) is 5.35. The van der Waals surface area contributed by atoms with Gasteiger partial charge in [-0.05, 0) is 29.7 Å². The molecule has 1 N–H and O–H groups in total. The Labute approximate surface area is 83.9 Å². The van der Waals surface area contributed by atoms with E-state index in [0.29, 0.717) is 6.42 Å². The third-order valence-electron chi connectivity index (χ3n) is 2.06. The number of benzene rings is 1. The summed E-state index contributed by atoms with van der Waals surface area (Å²) in [5.41, 5.74) is 3.09. The number of aldehydes is 1. The minimum Gasteiger partial charge on any atom is -0.392 e. The molecule has 74 valence electrons. The number of hydrogen-bond donors (Lipinski definition) is 1. The van der Waals surface area contributed by atoms with Gasteiger partial charge in [-0.15, -0.1) is 0 Å². The van der Waals surface area contributed by atoms with Crippen LogP contribution in [-0.4, -0.2) is 11.4 Å². The Morgan fingerprint density at radius 3 is 2.86 bits per heavy atom. The van der Waals surface area contributed by atoms with Gasteiger partial charge in [0.1, 0.15) is 6.29 Å². The van der Waals surface area contributed by atoms with E-state index in [9.17, 15) is 4.79 Å². The molecule has 0 saturated heterocycles. The Hall–Kier alpha value is -1.41. The zero-order valence-electron chi connectivity index (χ0n) is 8.23. The Kier molecular flexibility index (Phi) is 4.08. The molecule has 14 heavy (non-hydrogen) atoms. The summed E-state index contributed by atoms with van der Waals surface area (Å²) in [6, 6.07) is 5.79. The summed E-state index contributed by atoms with van der Waals surface area (Å²) < 4.78 is 0. The van der Waals surface area contributed by atoms with Crippen LogP contribution in [0.4, 0.5) is 0 Å². The summed E-state index contributed by atoms with van der Waals surface area (Å²) >= 11 is 0. The number of aliphatic hydroxyl groups is 1. The summed E-state index contributed by atoms with van der Waals surface area (Å²) in [4.78, 5) is 10.1. The van der Waals surface area contributed by atoms with Crippen molar-refractivity contribution in [3.63, 3.8) is 0 Å². The van der Waals surface area contributed by atoms with Crippen LogP contribution >= 0.6 is 0 Å². The monoisotopic (exact) mass is 190 g/mol. The van der Waals surface area contributed by atoms with E-state index < -0.39 is 0 Å². The summed E-state index contributed by atoms with van der Waals surface area (Å²) in [5, 5.41) is 8.94. The molecule has 0 saturated carbocycles. The van der Waals surface area contributed by atoms with E-state index in [1.807, 2.05) is 37.3 Å².